The quantitative estimate of drug-likeness (QED) is 0.799. The number of rotatable bonds is 4. The first-order valence-corrected chi connectivity index (χ1v) is 6.79. The lowest BCUT2D eigenvalue weighted by molar-refractivity contribution is 0.0522. The number of benzene rings is 1. The van der Waals surface area contributed by atoms with E-state index in [4.69, 9.17) is 4.74 Å². The summed E-state index contributed by atoms with van der Waals surface area (Å²) in [5.74, 6) is -1.25. The Hall–Kier alpha value is -2.70. The molecule has 0 unspecified atom stereocenters. The van der Waals surface area contributed by atoms with Crippen LogP contribution in [0.25, 0.3) is 5.69 Å². The lowest BCUT2D eigenvalue weighted by atomic mass is 10.3. The fourth-order valence-corrected chi connectivity index (χ4v) is 2.02. The second-order valence-corrected chi connectivity index (χ2v) is 4.44. The number of carbonyl (C=O) groups excluding carboxylic acids is 1. The maximum absolute atomic E-state index is 13.0. The highest BCUT2D eigenvalue weighted by atomic mass is 19.1. The molecule has 6 nitrogen and oxygen atoms in total. The van der Waals surface area contributed by atoms with Crippen molar-refractivity contribution in [1.29, 1.82) is 0 Å². The highest BCUT2D eigenvalue weighted by molar-refractivity contribution is 5.88. The second-order valence-electron chi connectivity index (χ2n) is 4.44. The molecule has 0 saturated heterocycles. The fraction of sp³-hybridized carbons (Fsp3) is 0.267. The van der Waals surface area contributed by atoms with Gasteiger partial charge in [-0.1, -0.05) is 0 Å². The first kappa shape index (κ1) is 15.7. The molecule has 0 spiro atoms. The van der Waals surface area contributed by atoms with E-state index in [1.54, 1.807) is 13.8 Å². The summed E-state index contributed by atoms with van der Waals surface area (Å²) in [6.45, 7) is 3.45. The molecule has 0 saturated carbocycles. The topological polar surface area (TPSA) is 70.3 Å². The number of hydrogen-bond donors (Lipinski definition) is 0. The van der Waals surface area contributed by atoms with Crippen LogP contribution in [0.3, 0.4) is 0 Å². The van der Waals surface area contributed by atoms with Crippen molar-refractivity contribution in [2.45, 2.75) is 20.4 Å². The zero-order valence-corrected chi connectivity index (χ0v) is 12.2. The average Bonchev–Trinajstić information content (AvgIpc) is 2.49. The van der Waals surface area contributed by atoms with E-state index in [1.807, 2.05) is 0 Å². The maximum Gasteiger partial charge on any atom is 0.345 e. The van der Waals surface area contributed by atoms with Gasteiger partial charge in [0.25, 0.3) is 5.56 Å². The Balaban J connectivity index is 2.71. The molecule has 0 aliphatic heterocycles. The van der Waals surface area contributed by atoms with Crippen molar-refractivity contribution in [3.05, 3.63) is 62.7 Å². The van der Waals surface area contributed by atoms with Crippen LogP contribution in [-0.4, -0.2) is 21.7 Å². The van der Waals surface area contributed by atoms with E-state index >= 15 is 0 Å². The lowest BCUT2D eigenvalue weighted by Crippen LogP contribution is -2.41. The first-order valence-electron chi connectivity index (χ1n) is 6.79. The van der Waals surface area contributed by atoms with Gasteiger partial charge >= 0.3 is 11.7 Å². The molecule has 0 aliphatic rings. The number of carbonyl (C=O) groups is 1. The molecule has 116 valence electrons. The number of nitrogens with zero attached hydrogens (tertiary/aromatic N) is 2. The van der Waals surface area contributed by atoms with Crippen LogP contribution in [0.1, 0.15) is 24.2 Å². The molecule has 0 fully saturated rings. The number of ether oxygens (including phenoxy) is 1. The molecule has 0 N–H and O–H groups in total. The van der Waals surface area contributed by atoms with Gasteiger partial charge in [-0.15, -0.1) is 0 Å². The van der Waals surface area contributed by atoms with E-state index in [2.05, 4.69) is 0 Å². The zero-order valence-electron chi connectivity index (χ0n) is 12.2. The smallest absolute Gasteiger partial charge is 0.345 e. The van der Waals surface area contributed by atoms with Crippen molar-refractivity contribution in [3.63, 3.8) is 0 Å². The molecule has 0 amide bonds. The maximum atomic E-state index is 13.0. The Morgan fingerprint density at radius 2 is 1.82 bits per heavy atom. The van der Waals surface area contributed by atoms with E-state index in [0.717, 1.165) is 15.3 Å². The highest BCUT2D eigenvalue weighted by Crippen LogP contribution is 2.07. The number of esters is 1. The monoisotopic (exact) mass is 306 g/mol. The van der Waals surface area contributed by atoms with E-state index in [1.165, 1.54) is 24.3 Å². The predicted octanol–water partition coefficient (Wildman–Crippen LogP) is 1.33. The van der Waals surface area contributed by atoms with Crippen LogP contribution in [0, 0.1) is 5.82 Å². The standard InChI is InChI=1S/C15H15FN2O4/c1-3-17-13(19)12(14(20)22-4-2)9-18(15(17)21)11-7-5-10(16)6-8-11/h5-9H,3-4H2,1-2H3. The van der Waals surface area contributed by atoms with Crippen LogP contribution in [0.15, 0.2) is 40.1 Å². The fourth-order valence-electron chi connectivity index (χ4n) is 2.02. The molecule has 1 aromatic carbocycles. The van der Waals surface area contributed by atoms with E-state index < -0.39 is 23.0 Å². The third-order valence-electron chi connectivity index (χ3n) is 3.09. The molecule has 0 bridgehead atoms. The Labute approximate surface area is 125 Å². The van der Waals surface area contributed by atoms with Crippen LogP contribution in [0.5, 0.6) is 0 Å². The summed E-state index contributed by atoms with van der Waals surface area (Å²) in [6, 6.07) is 5.15. The molecule has 0 radical (unpaired) electrons. The van der Waals surface area contributed by atoms with Crippen LogP contribution in [-0.2, 0) is 11.3 Å². The Morgan fingerprint density at radius 3 is 2.36 bits per heavy atom. The average molecular weight is 306 g/mol. The van der Waals surface area contributed by atoms with Crippen LogP contribution >= 0.6 is 0 Å². The first-order chi connectivity index (χ1) is 10.5. The number of aromatic nitrogens is 2. The van der Waals surface area contributed by atoms with Gasteiger partial charge in [0.05, 0.1) is 12.3 Å². The summed E-state index contributed by atoms with van der Waals surface area (Å²) in [5, 5.41) is 0. The minimum atomic E-state index is -0.800. The van der Waals surface area contributed by atoms with Crippen LogP contribution < -0.4 is 11.2 Å². The third kappa shape index (κ3) is 2.83. The summed E-state index contributed by atoms with van der Waals surface area (Å²) in [5.41, 5.74) is -1.21. The molecule has 2 aromatic rings. The number of halogens is 1. The summed E-state index contributed by atoms with van der Waals surface area (Å²) in [6.07, 6.45) is 1.13. The Kier molecular flexibility index (Phi) is 4.55. The summed E-state index contributed by atoms with van der Waals surface area (Å²) in [4.78, 5) is 36.4. The van der Waals surface area contributed by atoms with Crippen molar-refractivity contribution in [1.82, 2.24) is 9.13 Å². The van der Waals surface area contributed by atoms with Gasteiger partial charge in [-0.3, -0.25) is 13.9 Å². The molecule has 7 heteroatoms. The van der Waals surface area contributed by atoms with Crippen molar-refractivity contribution < 1.29 is 13.9 Å². The van der Waals surface area contributed by atoms with Gasteiger partial charge in [0, 0.05) is 12.7 Å². The predicted molar refractivity (Wildman–Crippen MR) is 77.9 cm³/mol. The highest BCUT2D eigenvalue weighted by Gasteiger charge is 2.18. The summed E-state index contributed by atoms with van der Waals surface area (Å²) >= 11 is 0. The third-order valence-corrected chi connectivity index (χ3v) is 3.09. The van der Waals surface area contributed by atoms with Gasteiger partial charge in [0.2, 0.25) is 0 Å². The van der Waals surface area contributed by atoms with Gasteiger partial charge in [0.1, 0.15) is 11.4 Å². The van der Waals surface area contributed by atoms with Gasteiger partial charge in [-0.05, 0) is 38.1 Å². The lowest BCUT2D eigenvalue weighted by Gasteiger charge is -2.11. The Morgan fingerprint density at radius 1 is 1.18 bits per heavy atom. The molecular formula is C15H15FN2O4. The normalized spacial score (nSPS) is 10.5. The summed E-state index contributed by atoms with van der Waals surface area (Å²) in [7, 11) is 0. The molecule has 22 heavy (non-hydrogen) atoms. The van der Waals surface area contributed by atoms with Crippen molar-refractivity contribution >= 4 is 5.97 Å². The molecule has 0 aliphatic carbocycles. The largest absolute Gasteiger partial charge is 0.462 e. The van der Waals surface area contributed by atoms with Gasteiger partial charge in [0.15, 0.2) is 0 Å². The van der Waals surface area contributed by atoms with Crippen molar-refractivity contribution in [3.8, 4) is 5.69 Å². The molecule has 2 rings (SSSR count). The minimum absolute atomic E-state index is 0.103. The van der Waals surface area contributed by atoms with E-state index in [9.17, 15) is 18.8 Å². The van der Waals surface area contributed by atoms with Crippen molar-refractivity contribution in [2.24, 2.45) is 0 Å². The minimum Gasteiger partial charge on any atom is -0.462 e. The molecule has 1 aromatic heterocycles. The SMILES string of the molecule is CCOC(=O)c1cn(-c2ccc(F)cc2)c(=O)n(CC)c1=O. The second kappa shape index (κ2) is 6.38. The Bertz CT molecular complexity index is 806. The molecule has 1 heterocycles. The van der Waals surface area contributed by atoms with Gasteiger partial charge < -0.3 is 4.74 Å². The number of hydrogen-bond acceptors (Lipinski definition) is 4. The van der Waals surface area contributed by atoms with Gasteiger partial charge in [-0.25, -0.2) is 14.0 Å². The van der Waals surface area contributed by atoms with Gasteiger partial charge in [-0.2, -0.15) is 0 Å². The van der Waals surface area contributed by atoms with Crippen LogP contribution in [0.4, 0.5) is 4.39 Å². The van der Waals surface area contributed by atoms with Crippen LogP contribution in [0.2, 0.25) is 0 Å². The summed E-state index contributed by atoms with van der Waals surface area (Å²) < 4.78 is 19.9. The zero-order chi connectivity index (χ0) is 16.3. The van der Waals surface area contributed by atoms with E-state index in [-0.39, 0.29) is 18.7 Å². The van der Waals surface area contributed by atoms with Crippen molar-refractivity contribution in [2.75, 3.05) is 6.61 Å². The molecule has 0 atom stereocenters. The van der Waals surface area contributed by atoms with E-state index in [0.29, 0.717) is 5.69 Å². The molecular weight excluding hydrogens is 291 g/mol.